The normalized spacial score (nSPS) is 16.1. The van der Waals surface area contributed by atoms with Crippen LogP contribution in [0.5, 0.6) is 0 Å². The van der Waals surface area contributed by atoms with E-state index in [1.54, 1.807) is 0 Å². The summed E-state index contributed by atoms with van der Waals surface area (Å²) >= 11 is 0. The highest BCUT2D eigenvalue weighted by atomic mass is 16.3. The maximum atomic E-state index is 12.2. The fourth-order valence-corrected chi connectivity index (χ4v) is 3.39. The van der Waals surface area contributed by atoms with E-state index in [4.69, 9.17) is 9.40 Å². The molecule has 0 spiro atoms. The van der Waals surface area contributed by atoms with Gasteiger partial charge in [0.05, 0.1) is 6.54 Å². The van der Waals surface area contributed by atoms with Gasteiger partial charge in [-0.2, -0.15) is 0 Å². The van der Waals surface area contributed by atoms with Gasteiger partial charge in [-0.1, -0.05) is 40.7 Å². The summed E-state index contributed by atoms with van der Waals surface area (Å²) in [6.45, 7) is 15.5. The first-order valence-electron chi connectivity index (χ1n) is 10.4. The first kappa shape index (κ1) is 20.6. The van der Waals surface area contributed by atoms with Crippen LogP contribution in [0.4, 0.5) is 4.79 Å². The zero-order chi connectivity index (χ0) is 20.3. The molecule has 1 saturated heterocycles. The van der Waals surface area contributed by atoms with E-state index in [2.05, 4.69) is 57.0 Å². The first-order chi connectivity index (χ1) is 13.2. The number of oxazole rings is 1. The van der Waals surface area contributed by atoms with E-state index < -0.39 is 0 Å². The van der Waals surface area contributed by atoms with Gasteiger partial charge in [-0.3, -0.25) is 4.90 Å². The molecule has 2 amide bonds. The second kappa shape index (κ2) is 8.52. The highest BCUT2D eigenvalue weighted by molar-refractivity contribution is 5.74. The van der Waals surface area contributed by atoms with Crippen LogP contribution < -0.4 is 5.32 Å². The van der Waals surface area contributed by atoms with Gasteiger partial charge in [0.1, 0.15) is 5.52 Å². The van der Waals surface area contributed by atoms with Crippen molar-refractivity contribution in [1.82, 2.24) is 20.1 Å². The van der Waals surface area contributed by atoms with Crippen molar-refractivity contribution in [3.05, 3.63) is 29.7 Å². The van der Waals surface area contributed by atoms with E-state index in [1.807, 2.05) is 11.0 Å². The van der Waals surface area contributed by atoms with Crippen LogP contribution in [-0.4, -0.2) is 53.5 Å². The first-order valence-corrected chi connectivity index (χ1v) is 10.4. The summed E-state index contributed by atoms with van der Waals surface area (Å²) in [5, 5.41) is 3.02. The van der Waals surface area contributed by atoms with Gasteiger partial charge < -0.3 is 14.6 Å². The molecule has 0 atom stereocenters. The Morgan fingerprint density at radius 1 is 1.21 bits per heavy atom. The van der Waals surface area contributed by atoms with E-state index >= 15 is 0 Å². The molecule has 2 aromatic rings. The molecular weight excluding hydrogens is 352 g/mol. The molecule has 0 aliphatic carbocycles. The fourth-order valence-electron chi connectivity index (χ4n) is 3.39. The van der Waals surface area contributed by atoms with Crippen molar-refractivity contribution < 1.29 is 9.21 Å². The monoisotopic (exact) mass is 386 g/mol. The van der Waals surface area contributed by atoms with Crippen LogP contribution in [0.1, 0.15) is 52.5 Å². The number of benzene rings is 1. The molecular formula is C22H34N4O2. The predicted molar refractivity (Wildman–Crippen MR) is 112 cm³/mol. The third-order valence-corrected chi connectivity index (χ3v) is 5.31. The molecule has 3 rings (SSSR count). The van der Waals surface area contributed by atoms with E-state index in [0.717, 1.165) is 56.1 Å². The fraction of sp³-hybridized carbons (Fsp3) is 0.636. The van der Waals surface area contributed by atoms with Crippen molar-refractivity contribution in [2.45, 2.75) is 53.0 Å². The number of urea groups is 1. The number of fused-ring (bicyclic) bond motifs is 1. The maximum absolute atomic E-state index is 12.2. The predicted octanol–water partition coefficient (Wildman–Crippen LogP) is 4.00. The van der Waals surface area contributed by atoms with E-state index in [-0.39, 0.29) is 11.4 Å². The molecule has 1 aliphatic rings. The molecule has 1 N–H and O–H groups in total. The lowest BCUT2D eigenvalue weighted by atomic mass is 9.87. The molecule has 6 heteroatoms. The number of rotatable bonds is 5. The number of aromatic nitrogens is 1. The van der Waals surface area contributed by atoms with Crippen LogP contribution in [0, 0.1) is 5.92 Å². The van der Waals surface area contributed by atoms with Crippen molar-refractivity contribution in [3.63, 3.8) is 0 Å². The summed E-state index contributed by atoms with van der Waals surface area (Å²) in [5.41, 5.74) is 3.12. The average molecular weight is 387 g/mol. The van der Waals surface area contributed by atoms with Crippen molar-refractivity contribution in [1.29, 1.82) is 0 Å². The maximum Gasteiger partial charge on any atom is 0.317 e. The summed E-state index contributed by atoms with van der Waals surface area (Å²) in [5.74, 6) is 1.35. The van der Waals surface area contributed by atoms with Crippen molar-refractivity contribution in [2.75, 3.05) is 32.7 Å². The molecule has 0 radical (unpaired) electrons. The van der Waals surface area contributed by atoms with Gasteiger partial charge in [0.25, 0.3) is 0 Å². The van der Waals surface area contributed by atoms with Crippen LogP contribution in [-0.2, 0) is 12.0 Å². The minimum absolute atomic E-state index is 0.0527. The van der Waals surface area contributed by atoms with Gasteiger partial charge in [0.15, 0.2) is 5.58 Å². The van der Waals surface area contributed by atoms with Gasteiger partial charge in [0, 0.05) is 32.7 Å². The average Bonchev–Trinajstić information content (AvgIpc) is 3.02. The summed E-state index contributed by atoms with van der Waals surface area (Å²) in [4.78, 5) is 21.1. The highest BCUT2D eigenvalue weighted by Crippen LogP contribution is 2.26. The Balaban J connectivity index is 1.52. The van der Waals surface area contributed by atoms with Gasteiger partial charge >= 0.3 is 6.03 Å². The number of hydrogen-bond donors (Lipinski definition) is 1. The van der Waals surface area contributed by atoms with Crippen molar-refractivity contribution >= 4 is 17.1 Å². The lowest BCUT2D eigenvalue weighted by molar-refractivity contribution is 0.129. The Labute approximate surface area is 168 Å². The van der Waals surface area contributed by atoms with Crippen LogP contribution in [0.2, 0.25) is 0 Å². The molecule has 1 aromatic heterocycles. The summed E-state index contributed by atoms with van der Waals surface area (Å²) in [6, 6.07) is 6.32. The lowest BCUT2D eigenvalue weighted by Crippen LogP contribution is -2.51. The minimum Gasteiger partial charge on any atom is -0.439 e. The number of carbonyl (C=O) groups is 1. The number of nitrogens with zero attached hydrogens (tertiary/aromatic N) is 3. The Morgan fingerprint density at radius 2 is 1.93 bits per heavy atom. The van der Waals surface area contributed by atoms with E-state index in [0.29, 0.717) is 12.5 Å². The highest BCUT2D eigenvalue weighted by Gasteiger charge is 2.22. The van der Waals surface area contributed by atoms with Crippen LogP contribution in [0.3, 0.4) is 0 Å². The van der Waals surface area contributed by atoms with Gasteiger partial charge in [-0.05, 0) is 35.4 Å². The standard InChI is InChI=1S/C22H34N4O2/c1-16(2)8-9-23-21(27)26-12-10-25(11-13-26)15-20-24-18-14-17(22(3,4)5)6-7-19(18)28-20/h6-7,14,16H,8-13,15H2,1-5H3,(H,23,27). The molecule has 1 aliphatic heterocycles. The lowest BCUT2D eigenvalue weighted by Gasteiger charge is -2.34. The summed E-state index contributed by atoms with van der Waals surface area (Å²) in [6.07, 6.45) is 1.01. The molecule has 1 aromatic carbocycles. The Kier molecular flexibility index (Phi) is 6.28. The molecule has 0 unspecified atom stereocenters. The second-order valence-electron chi connectivity index (χ2n) is 9.22. The Bertz CT molecular complexity index is 798. The largest absolute Gasteiger partial charge is 0.439 e. The zero-order valence-electron chi connectivity index (χ0n) is 17.9. The van der Waals surface area contributed by atoms with E-state index in [1.165, 1.54) is 5.56 Å². The number of amides is 2. The van der Waals surface area contributed by atoms with Crippen molar-refractivity contribution in [2.24, 2.45) is 5.92 Å². The van der Waals surface area contributed by atoms with Crippen LogP contribution in [0.15, 0.2) is 22.6 Å². The third-order valence-electron chi connectivity index (χ3n) is 5.31. The Morgan fingerprint density at radius 3 is 2.57 bits per heavy atom. The van der Waals surface area contributed by atoms with Crippen molar-refractivity contribution in [3.8, 4) is 0 Å². The van der Waals surface area contributed by atoms with Gasteiger partial charge in [-0.25, -0.2) is 9.78 Å². The zero-order valence-corrected chi connectivity index (χ0v) is 17.9. The minimum atomic E-state index is 0.0527. The Hall–Kier alpha value is -2.08. The topological polar surface area (TPSA) is 61.6 Å². The smallest absolute Gasteiger partial charge is 0.317 e. The number of nitrogens with one attached hydrogen (secondary N) is 1. The summed E-state index contributed by atoms with van der Waals surface area (Å²) < 4.78 is 5.94. The SMILES string of the molecule is CC(C)CCNC(=O)N1CCN(Cc2nc3cc(C(C)(C)C)ccc3o2)CC1. The molecule has 28 heavy (non-hydrogen) atoms. The molecule has 6 nitrogen and oxygen atoms in total. The quantitative estimate of drug-likeness (QED) is 0.844. The summed E-state index contributed by atoms with van der Waals surface area (Å²) in [7, 11) is 0. The molecule has 2 heterocycles. The molecule has 0 saturated carbocycles. The number of piperazine rings is 1. The van der Waals surface area contributed by atoms with Gasteiger partial charge in [-0.15, -0.1) is 0 Å². The van der Waals surface area contributed by atoms with Crippen LogP contribution in [0.25, 0.3) is 11.1 Å². The molecule has 154 valence electrons. The number of hydrogen-bond acceptors (Lipinski definition) is 4. The third kappa shape index (κ3) is 5.25. The van der Waals surface area contributed by atoms with E-state index in [9.17, 15) is 4.79 Å². The van der Waals surface area contributed by atoms with Gasteiger partial charge in [0.2, 0.25) is 5.89 Å². The van der Waals surface area contributed by atoms with Crippen LogP contribution >= 0.6 is 0 Å². The second-order valence-corrected chi connectivity index (χ2v) is 9.22. The molecule has 0 bridgehead atoms. The number of carbonyl (C=O) groups excluding carboxylic acids is 1. The molecule has 1 fully saturated rings.